The number of para-hydroxylation sites is 4. The summed E-state index contributed by atoms with van der Waals surface area (Å²) >= 11 is 0. The summed E-state index contributed by atoms with van der Waals surface area (Å²) in [5, 5.41) is 6.58. The van der Waals surface area contributed by atoms with E-state index < -0.39 is 10.1 Å². The van der Waals surface area contributed by atoms with Crippen molar-refractivity contribution in [3.63, 3.8) is 0 Å². The maximum atomic E-state index is 14.2. The minimum absolute atomic E-state index is 0.0590. The van der Waals surface area contributed by atoms with Crippen LogP contribution in [0.25, 0.3) is 93.0 Å². The number of carbonyl (C=O) groups excluding carboxylic acids is 1. The Balaban J connectivity index is 1.37. The molecule has 10 heteroatoms. The van der Waals surface area contributed by atoms with Crippen LogP contribution in [-0.4, -0.2) is 28.7 Å². The number of nitrogens with one attached hydrogen (secondary N) is 1. The monoisotopic (exact) mass is 615 g/mol. The Morgan fingerprint density at radius 3 is 2.37 bits per heavy atom. The van der Waals surface area contributed by atoms with E-state index in [1.165, 1.54) is 6.07 Å². The third-order valence-corrected chi connectivity index (χ3v) is 11.3. The number of hydrogen-bond acceptors (Lipinski definition) is 6. The number of rotatable bonds is 0. The predicted molar refractivity (Wildman–Crippen MR) is 174 cm³/mol. The van der Waals surface area contributed by atoms with Crippen molar-refractivity contribution < 1.29 is 22.0 Å². The number of fused-ring (bicyclic) bond motifs is 9. The maximum Gasteiger partial charge on any atom is 0.347 e. The lowest BCUT2D eigenvalue weighted by Gasteiger charge is -2.26. The third kappa shape index (κ3) is 2.32. The van der Waals surface area contributed by atoms with Crippen LogP contribution in [-0.2, 0) is 10.1 Å². The highest BCUT2D eigenvalue weighted by molar-refractivity contribution is 7.87. The lowest BCUT2D eigenvalue weighted by Crippen LogP contribution is -2.46. The lowest BCUT2D eigenvalue weighted by molar-refractivity contribution is -0.530. The van der Waals surface area contributed by atoms with Gasteiger partial charge in [-0.2, -0.15) is 13.0 Å². The molecule has 0 aliphatic carbocycles. The molecule has 0 amide bonds. The average Bonchev–Trinajstić information content (AvgIpc) is 3.65. The number of carbonyl (C=O) groups is 1. The second-order valence-corrected chi connectivity index (χ2v) is 13.7. The van der Waals surface area contributed by atoms with E-state index in [-0.39, 0.29) is 27.5 Å². The Morgan fingerprint density at radius 1 is 0.717 bits per heavy atom. The minimum atomic E-state index is -4.36. The Kier molecular flexibility index (Phi) is 3.57. The van der Waals surface area contributed by atoms with Gasteiger partial charge in [0.15, 0.2) is 16.8 Å². The molecule has 0 spiro atoms. The van der Waals surface area contributed by atoms with E-state index in [0.29, 0.717) is 49.6 Å². The Bertz CT molecular complexity index is 3340. The molecule has 0 radical (unpaired) electrons. The fourth-order valence-corrected chi connectivity index (χ4v) is 9.48. The van der Waals surface area contributed by atoms with Gasteiger partial charge in [-0.25, -0.2) is 14.8 Å². The third-order valence-electron chi connectivity index (χ3n) is 10.0. The molecule has 2 aliphatic rings. The van der Waals surface area contributed by atoms with Gasteiger partial charge in [0, 0.05) is 37.7 Å². The molecular formula is C36H15N4O5S+. The van der Waals surface area contributed by atoms with Gasteiger partial charge >= 0.3 is 16.0 Å². The first-order chi connectivity index (χ1) is 22.4. The lowest BCUT2D eigenvalue weighted by atomic mass is 9.83. The van der Waals surface area contributed by atoms with Crippen LogP contribution in [0, 0.1) is 0 Å². The number of pyridine rings is 1. The number of nitrogens with zero attached hydrogens (tertiary/aromatic N) is 3. The zero-order valence-electron chi connectivity index (χ0n) is 23.4. The first-order valence-electron chi connectivity index (χ1n) is 14.7. The molecule has 12 rings (SSSR count). The number of H-pyrrole nitrogens is 1. The number of imidazole rings is 2. The van der Waals surface area contributed by atoms with Crippen molar-refractivity contribution in [2.75, 3.05) is 0 Å². The van der Waals surface area contributed by atoms with Crippen LogP contribution in [0.4, 0.5) is 0 Å². The van der Waals surface area contributed by atoms with E-state index in [9.17, 15) is 18.0 Å². The molecule has 3 aromatic heterocycles. The van der Waals surface area contributed by atoms with E-state index in [0.717, 1.165) is 43.5 Å². The highest BCUT2D eigenvalue weighted by Gasteiger charge is 2.40. The van der Waals surface area contributed by atoms with Crippen LogP contribution in [0.15, 0.2) is 94.6 Å². The van der Waals surface area contributed by atoms with Crippen molar-refractivity contribution in [1.82, 2.24) is 14.4 Å². The number of aromatic amines is 1. The summed E-state index contributed by atoms with van der Waals surface area (Å²) < 4.78 is 36.9. The van der Waals surface area contributed by atoms with Gasteiger partial charge < -0.3 is 4.18 Å². The molecule has 0 saturated carbocycles. The number of benzene rings is 7. The van der Waals surface area contributed by atoms with Crippen molar-refractivity contribution in [3.8, 4) is 17.1 Å². The molecular weight excluding hydrogens is 600 g/mol. The minimum Gasteiger partial charge on any atom is -0.378 e. The van der Waals surface area contributed by atoms with Gasteiger partial charge in [-0.3, -0.25) is 9.20 Å². The van der Waals surface area contributed by atoms with Crippen molar-refractivity contribution in [3.05, 3.63) is 101 Å². The second-order valence-electron chi connectivity index (χ2n) is 12.1. The Labute approximate surface area is 256 Å². The van der Waals surface area contributed by atoms with Crippen LogP contribution in [0.2, 0.25) is 0 Å². The molecule has 5 heterocycles. The van der Waals surface area contributed by atoms with Crippen LogP contribution in [0.3, 0.4) is 0 Å². The smallest absolute Gasteiger partial charge is 0.347 e. The first kappa shape index (κ1) is 23.3. The van der Waals surface area contributed by atoms with E-state index in [1.807, 2.05) is 72.8 Å². The molecule has 2 aliphatic heterocycles. The number of hydrogen-bond donors (Lipinski definition) is 1. The van der Waals surface area contributed by atoms with E-state index in [1.54, 1.807) is 15.0 Å². The molecule has 7 aromatic carbocycles. The van der Waals surface area contributed by atoms with Gasteiger partial charge in [0.1, 0.15) is 10.5 Å². The maximum absolute atomic E-state index is 14.2. The van der Waals surface area contributed by atoms with Crippen molar-refractivity contribution in [2.24, 2.45) is 0 Å². The topological polar surface area (TPSA) is 114 Å². The molecule has 214 valence electrons. The van der Waals surface area contributed by atoms with Gasteiger partial charge in [-0.1, -0.05) is 36.4 Å². The fraction of sp³-hybridized carbons (Fsp3) is 0. The molecule has 0 bridgehead atoms. The van der Waals surface area contributed by atoms with Gasteiger partial charge in [0.2, 0.25) is 0 Å². The SMILES string of the molecule is O=C1c2cc3c4c5c(cc6c(=O)n7c8ccccc8nc7c7ccc(c8ccc(c2c84)-c2[nH]c4ccccc4[n+]21)c5c67)S(=O)(=O)O3. The summed E-state index contributed by atoms with van der Waals surface area (Å²) in [6, 6.07) is 26.0. The molecule has 0 saturated heterocycles. The first-order valence-corrected chi connectivity index (χ1v) is 16.1. The highest BCUT2D eigenvalue weighted by atomic mass is 32.2. The molecule has 1 N–H and O–H groups in total. The van der Waals surface area contributed by atoms with Crippen LogP contribution in [0.5, 0.6) is 5.75 Å². The van der Waals surface area contributed by atoms with Crippen LogP contribution < -0.4 is 14.3 Å². The average molecular weight is 616 g/mol. The normalized spacial score (nSPS) is 15.2. The van der Waals surface area contributed by atoms with Crippen LogP contribution >= 0.6 is 0 Å². The molecule has 10 aromatic rings. The Morgan fingerprint density at radius 2 is 1.48 bits per heavy atom. The van der Waals surface area contributed by atoms with Crippen molar-refractivity contribution in [2.45, 2.75) is 4.90 Å². The molecule has 9 nitrogen and oxygen atoms in total. The fourth-order valence-electron chi connectivity index (χ4n) is 8.30. The summed E-state index contributed by atoms with van der Waals surface area (Å²) in [7, 11) is -4.36. The van der Waals surface area contributed by atoms with E-state index in [4.69, 9.17) is 9.17 Å². The standard InChI is InChI=1S/C36H14N4O5S/c41-35-19-13-25-31-29-15(9-11-17(27(19)29)33-37-21-5-1-3-7-23(21)39(33)35)16-10-12-18-28-20(14-26(32(31)30(16)28)46(43,44)45-25)36(42)40-24-8-4-2-6-22(24)38-34(18)40/h1-14H/p+1. The molecule has 0 fully saturated rings. The largest absolute Gasteiger partial charge is 0.378 e. The summed E-state index contributed by atoms with van der Waals surface area (Å²) in [6.07, 6.45) is 0. The summed E-state index contributed by atoms with van der Waals surface area (Å²) in [6.45, 7) is 0. The Hall–Kier alpha value is -6.13. The van der Waals surface area contributed by atoms with Gasteiger partial charge in [0.05, 0.1) is 27.5 Å². The van der Waals surface area contributed by atoms with Gasteiger partial charge in [-0.05, 0) is 59.3 Å². The van der Waals surface area contributed by atoms with Crippen molar-refractivity contribution >= 4 is 97.6 Å². The molecule has 0 atom stereocenters. The van der Waals surface area contributed by atoms with E-state index >= 15 is 0 Å². The molecule has 0 unspecified atom stereocenters. The summed E-state index contributed by atoms with van der Waals surface area (Å²) in [5.41, 5.74) is 4.24. The zero-order chi connectivity index (χ0) is 30.4. The second kappa shape index (κ2) is 7.06. The number of aromatic nitrogens is 4. The zero-order valence-corrected chi connectivity index (χ0v) is 24.2. The van der Waals surface area contributed by atoms with Gasteiger partial charge in [0.25, 0.3) is 11.4 Å². The van der Waals surface area contributed by atoms with Gasteiger partial charge in [-0.15, -0.1) is 0 Å². The van der Waals surface area contributed by atoms with Crippen LogP contribution in [0.1, 0.15) is 10.4 Å². The van der Waals surface area contributed by atoms with Crippen molar-refractivity contribution in [1.29, 1.82) is 0 Å². The quantitative estimate of drug-likeness (QED) is 0.0968. The van der Waals surface area contributed by atoms with E-state index in [2.05, 4.69) is 4.98 Å². The summed E-state index contributed by atoms with van der Waals surface area (Å²) in [4.78, 5) is 36.7. The molecule has 46 heavy (non-hydrogen) atoms. The summed E-state index contributed by atoms with van der Waals surface area (Å²) in [5.74, 6) is 0.494. The highest BCUT2D eigenvalue weighted by Crippen LogP contribution is 2.53. The predicted octanol–water partition coefficient (Wildman–Crippen LogP) is 6.01.